The lowest BCUT2D eigenvalue weighted by Crippen LogP contribution is -2.48. The van der Waals surface area contributed by atoms with Gasteiger partial charge in [-0.2, -0.15) is 0 Å². The van der Waals surface area contributed by atoms with E-state index >= 15 is 0 Å². The van der Waals surface area contributed by atoms with Gasteiger partial charge in [0.05, 0.1) is 0 Å². The van der Waals surface area contributed by atoms with Gasteiger partial charge in [-0.05, 0) is 79.3 Å². The van der Waals surface area contributed by atoms with Crippen LogP contribution in [0.5, 0.6) is 5.75 Å². The van der Waals surface area contributed by atoms with E-state index in [0.717, 1.165) is 57.6 Å². The molecule has 31 heavy (non-hydrogen) atoms. The van der Waals surface area contributed by atoms with Gasteiger partial charge < -0.3 is 26.4 Å². The molecule has 166 valence electrons. The quantitative estimate of drug-likeness (QED) is 0.668. The third-order valence-corrected chi connectivity index (χ3v) is 7.60. The maximum absolute atomic E-state index is 6.78. The second kappa shape index (κ2) is 8.81. The first kappa shape index (κ1) is 20.8. The van der Waals surface area contributed by atoms with Crippen LogP contribution in [-0.4, -0.2) is 37.8 Å². The number of nitrogens with zero attached hydrogens (tertiary/aromatic N) is 1. The van der Waals surface area contributed by atoms with Crippen molar-refractivity contribution in [3.8, 4) is 5.75 Å². The first-order valence-electron chi connectivity index (χ1n) is 11.9. The average Bonchev–Trinajstić information content (AvgIpc) is 3.63. The molecule has 1 aliphatic heterocycles. The SMILES string of the molecule is NC1CCC(N)([C@@H]2C[C@H]2c2ccc(OCc3cccc(N4CCNCC4)c3)cc2)CC1. The second-order valence-electron chi connectivity index (χ2n) is 9.78. The van der Waals surface area contributed by atoms with E-state index in [9.17, 15) is 0 Å². The molecule has 1 saturated heterocycles. The maximum Gasteiger partial charge on any atom is 0.119 e. The average molecular weight is 421 g/mol. The van der Waals surface area contributed by atoms with Crippen LogP contribution in [0, 0.1) is 5.92 Å². The molecule has 1 heterocycles. The summed E-state index contributed by atoms with van der Waals surface area (Å²) in [6.07, 6.45) is 5.50. The molecule has 0 amide bonds. The van der Waals surface area contributed by atoms with Crippen molar-refractivity contribution < 1.29 is 4.74 Å². The molecule has 5 N–H and O–H groups in total. The van der Waals surface area contributed by atoms with E-state index in [-0.39, 0.29) is 5.54 Å². The zero-order chi connectivity index (χ0) is 21.3. The Labute approximate surface area is 186 Å². The van der Waals surface area contributed by atoms with Crippen molar-refractivity contribution in [2.75, 3.05) is 31.1 Å². The zero-order valence-corrected chi connectivity index (χ0v) is 18.4. The molecule has 0 spiro atoms. The largest absolute Gasteiger partial charge is 0.489 e. The van der Waals surface area contributed by atoms with Crippen molar-refractivity contribution in [1.82, 2.24) is 5.32 Å². The minimum Gasteiger partial charge on any atom is -0.489 e. The summed E-state index contributed by atoms with van der Waals surface area (Å²) in [5, 5.41) is 3.41. The van der Waals surface area contributed by atoms with Crippen LogP contribution in [-0.2, 0) is 6.61 Å². The third-order valence-electron chi connectivity index (χ3n) is 7.60. The van der Waals surface area contributed by atoms with Crippen LogP contribution < -0.4 is 26.4 Å². The first-order valence-corrected chi connectivity index (χ1v) is 11.9. The van der Waals surface area contributed by atoms with Gasteiger partial charge >= 0.3 is 0 Å². The van der Waals surface area contributed by atoms with Crippen molar-refractivity contribution in [2.24, 2.45) is 17.4 Å². The van der Waals surface area contributed by atoms with Crippen LogP contribution in [0.1, 0.15) is 49.1 Å². The van der Waals surface area contributed by atoms with Crippen LogP contribution in [0.4, 0.5) is 5.69 Å². The molecule has 2 aromatic rings. The van der Waals surface area contributed by atoms with Gasteiger partial charge in [0.15, 0.2) is 0 Å². The number of hydrogen-bond donors (Lipinski definition) is 3. The van der Waals surface area contributed by atoms with E-state index in [0.29, 0.717) is 24.5 Å². The summed E-state index contributed by atoms with van der Waals surface area (Å²) in [5.41, 5.74) is 16.7. The molecule has 5 nitrogen and oxygen atoms in total. The van der Waals surface area contributed by atoms with Crippen molar-refractivity contribution in [2.45, 2.75) is 56.2 Å². The van der Waals surface area contributed by atoms with Crippen LogP contribution in [0.25, 0.3) is 0 Å². The molecule has 2 atom stereocenters. The smallest absolute Gasteiger partial charge is 0.119 e. The Morgan fingerprint density at radius 2 is 1.77 bits per heavy atom. The Morgan fingerprint density at radius 1 is 1.03 bits per heavy atom. The van der Waals surface area contributed by atoms with E-state index in [4.69, 9.17) is 16.2 Å². The molecular weight excluding hydrogens is 384 g/mol. The highest BCUT2D eigenvalue weighted by Crippen LogP contribution is 2.56. The Bertz CT molecular complexity index is 869. The van der Waals surface area contributed by atoms with Crippen LogP contribution >= 0.6 is 0 Å². The number of rotatable bonds is 6. The number of nitrogens with two attached hydrogens (primary N) is 2. The number of benzene rings is 2. The lowest BCUT2D eigenvalue weighted by atomic mass is 9.76. The van der Waals surface area contributed by atoms with Crippen molar-refractivity contribution in [1.29, 1.82) is 0 Å². The summed E-state index contributed by atoms with van der Waals surface area (Å²) in [4.78, 5) is 2.44. The molecule has 5 heteroatoms. The topological polar surface area (TPSA) is 76.5 Å². The summed E-state index contributed by atoms with van der Waals surface area (Å²) in [6.45, 7) is 4.81. The maximum atomic E-state index is 6.78. The Kier molecular flexibility index (Phi) is 5.91. The molecule has 2 aliphatic carbocycles. The fourth-order valence-electron chi connectivity index (χ4n) is 5.49. The molecule has 2 saturated carbocycles. The van der Waals surface area contributed by atoms with E-state index in [2.05, 4.69) is 58.7 Å². The number of piperazine rings is 1. The molecule has 3 fully saturated rings. The Balaban J connectivity index is 1.16. The summed E-state index contributed by atoms with van der Waals surface area (Å²) < 4.78 is 6.09. The van der Waals surface area contributed by atoms with E-state index in [1.165, 1.54) is 23.2 Å². The zero-order valence-electron chi connectivity index (χ0n) is 18.4. The summed E-state index contributed by atoms with van der Waals surface area (Å²) in [6, 6.07) is 17.8. The van der Waals surface area contributed by atoms with E-state index in [1.807, 2.05) is 0 Å². The molecular formula is C26H36N4O. The highest BCUT2D eigenvalue weighted by molar-refractivity contribution is 5.49. The van der Waals surface area contributed by atoms with Gasteiger partial charge in [-0.15, -0.1) is 0 Å². The number of nitrogens with one attached hydrogen (secondary N) is 1. The predicted octanol–water partition coefficient (Wildman–Crippen LogP) is 3.38. The summed E-state index contributed by atoms with van der Waals surface area (Å²) >= 11 is 0. The lowest BCUT2D eigenvalue weighted by Gasteiger charge is -2.36. The third kappa shape index (κ3) is 4.74. The molecule has 3 aliphatic rings. The molecule has 0 aromatic heterocycles. The molecule has 0 bridgehead atoms. The Hall–Kier alpha value is -2.08. The molecule has 5 rings (SSSR count). The monoisotopic (exact) mass is 420 g/mol. The van der Waals surface area contributed by atoms with Crippen molar-refractivity contribution in [3.05, 3.63) is 59.7 Å². The van der Waals surface area contributed by atoms with Crippen LogP contribution in [0.3, 0.4) is 0 Å². The fraction of sp³-hybridized carbons (Fsp3) is 0.538. The standard InChI is InChI=1S/C26H36N4O/c27-21-8-10-26(28,11-9-21)25-17-24(25)20-4-6-23(7-5-20)31-18-19-2-1-3-22(16-19)30-14-12-29-13-15-30/h1-7,16,21,24-25,29H,8-15,17-18,27-28H2/t21?,24-,25+,26?/m0/s1. The number of anilines is 1. The minimum absolute atomic E-state index is 0.00879. The van der Waals surface area contributed by atoms with Crippen molar-refractivity contribution in [3.63, 3.8) is 0 Å². The van der Waals surface area contributed by atoms with Gasteiger partial charge in [0, 0.05) is 43.4 Å². The number of hydrogen-bond acceptors (Lipinski definition) is 5. The highest BCUT2D eigenvalue weighted by Gasteiger charge is 2.51. The molecule has 0 radical (unpaired) electrons. The minimum atomic E-state index is -0.00879. The van der Waals surface area contributed by atoms with Gasteiger partial charge in [0.2, 0.25) is 0 Å². The normalized spacial score (nSPS) is 30.8. The first-order chi connectivity index (χ1) is 15.1. The van der Waals surface area contributed by atoms with E-state index < -0.39 is 0 Å². The molecule has 0 unspecified atom stereocenters. The second-order valence-corrected chi connectivity index (χ2v) is 9.78. The predicted molar refractivity (Wildman–Crippen MR) is 127 cm³/mol. The van der Waals surface area contributed by atoms with Gasteiger partial charge in [-0.25, -0.2) is 0 Å². The summed E-state index contributed by atoms with van der Waals surface area (Å²) in [7, 11) is 0. The van der Waals surface area contributed by atoms with E-state index in [1.54, 1.807) is 0 Å². The Morgan fingerprint density at radius 3 is 2.52 bits per heavy atom. The summed E-state index contributed by atoms with van der Waals surface area (Å²) in [5.74, 6) is 2.14. The highest BCUT2D eigenvalue weighted by atomic mass is 16.5. The fourth-order valence-corrected chi connectivity index (χ4v) is 5.49. The van der Waals surface area contributed by atoms with Crippen LogP contribution in [0.2, 0.25) is 0 Å². The van der Waals surface area contributed by atoms with Gasteiger partial charge in [-0.3, -0.25) is 0 Å². The van der Waals surface area contributed by atoms with Crippen LogP contribution in [0.15, 0.2) is 48.5 Å². The molecule has 2 aromatic carbocycles. The lowest BCUT2D eigenvalue weighted by molar-refractivity contribution is 0.239. The van der Waals surface area contributed by atoms with Gasteiger partial charge in [0.1, 0.15) is 12.4 Å². The van der Waals surface area contributed by atoms with Crippen molar-refractivity contribution >= 4 is 5.69 Å². The van der Waals surface area contributed by atoms with Gasteiger partial charge in [-0.1, -0.05) is 24.3 Å². The van der Waals surface area contributed by atoms with Gasteiger partial charge in [0.25, 0.3) is 0 Å². The number of ether oxygens (including phenoxy) is 1.